The fourth-order valence-corrected chi connectivity index (χ4v) is 4.22. The van der Waals surface area contributed by atoms with E-state index in [1.54, 1.807) is 0 Å². The predicted octanol–water partition coefficient (Wildman–Crippen LogP) is 1.83. The van der Waals surface area contributed by atoms with Gasteiger partial charge in [0.05, 0.1) is 23.1 Å². The first-order chi connectivity index (χ1) is 11.7. The van der Waals surface area contributed by atoms with Crippen molar-refractivity contribution in [3.05, 3.63) is 28.8 Å². The number of nitrogens with zero attached hydrogens (tertiary/aromatic N) is 1. The number of hydrogen-bond acceptors (Lipinski definition) is 5. The number of amides is 1. The molecule has 1 amide bonds. The van der Waals surface area contributed by atoms with Gasteiger partial charge in [-0.1, -0.05) is 25.4 Å². The molecule has 2 rings (SSSR count). The summed E-state index contributed by atoms with van der Waals surface area (Å²) in [6.07, 6.45) is 1.07. The quantitative estimate of drug-likeness (QED) is 0.804. The molecular formula is C17H25ClN2O4S. The number of benzene rings is 1. The Morgan fingerprint density at radius 1 is 1.32 bits per heavy atom. The second kappa shape index (κ2) is 8.49. The molecule has 1 aliphatic rings. The lowest BCUT2D eigenvalue weighted by Crippen LogP contribution is -2.51. The first-order valence-electron chi connectivity index (χ1n) is 8.29. The van der Waals surface area contributed by atoms with E-state index < -0.39 is 9.84 Å². The van der Waals surface area contributed by atoms with Crippen LogP contribution in [0.15, 0.2) is 23.1 Å². The lowest BCUT2D eigenvalue weighted by atomic mass is 10.0. The summed E-state index contributed by atoms with van der Waals surface area (Å²) in [6.45, 7) is 7.83. The lowest BCUT2D eigenvalue weighted by molar-refractivity contribution is 0.00672. The maximum atomic E-state index is 12.5. The van der Waals surface area contributed by atoms with Crippen molar-refractivity contribution in [2.24, 2.45) is 5.92 Å². The van der Waals surface area contributed by atoms with Crippen molar-refractivity contribution < 1.29 is 17.9 Å². The molecule has 0 aliphatic carbocycles. The largest absolute Gasteiger partial charge is 0.379 e. The van der Waals surface area contributed by atoms with Gasteiger partial charge in [-0.05, 0) is 24.1 Å². The van der Waals surface area contributed by atoms with E-state index in [4.69, 9.17) is 16.3 Å². The number of halogens is 1. The first-order valence-corrected chi connectivity index (χ1v) is 10.6. The van der Waals surface area contributed by atoms with Crippen LogP contribution in [-0.2, 0) is 14.6 Å². The van der Waals surface area contributed by atoms with Gasteiger partial charge >= 0.3 is 0 Å². The van der Waals surface area contributed by atoms with Crippen LogP contribution in [-0.4, -0.2) is 64.4 Å². The van der Waals surface area contributed by atoms with Gasteiger partial charge in [0.15, 0.2) is 9.84 Å². The van der Waals surface area contributed by atoms with E-state index in [-0.39, 0.29) is 27.4 Å². The molecule has 1 aromatic carbocycles. The van der Waals surface area contributed by atoms with Gasteiger partial charge in [0, 0.05) is 37.5 Å². The summed E-state index contributed by atoms with van der Waals surface area (Å²) >= 11 is 5.93. The van der Waals surface area contributed by atoms with Crippen LogP contribution in [0.2, 0.25) is 5.02 Å². The third-order valence-corrected chi connectivity index (χ3v) is 5.93. The number of hydrogen-bond donors (Lipinski definition) is 1. The highest BCUT2D eigenvalue weighted by Crippen LogP contribution is 2.22. The zero-order valence-electron chi connectivity index (χ0n) is 14.8. The SMILES string of the molecule is CC(C)C(CNC(=O)c1ccc(Cl)c(S(C)(=O)=O)c1)N1CCOCC1. The van der Waals surface area contributed by atoms with Gasteiger partial charge < -0.3 is 10.1 Å². The number of nitrogens with one attached hydrogen (secondary N) is 1. The monoisotopic (exact) mass is 388 g/mol. The minimum Gasteiger partial charge on any atom is -0.379 e. The van der Waals surface area contributed by atoms with Gasteiger partial charge in [-0.15, -0.1) is 0 Å². The Balaban J connectivity index is 2.08. The van der Waals surface area contributed by atoms with Crippen molar-refractivity contribution in [3.63, 3.8) is 0 Å². The molecule has 0 saturated carbocycles. The Hall–Kier alpha value is -1.15. The van der Waals surface area contributed by atoms with Crippen LogP contribution in [0.4, 0.5) is 0 Å². The highest BCUT2D eigenvalue weighted by atomic mass is 35.5. The molecule has 8 heteroatoms. The Morgan fingerprint density at radius 3 is 2.52 bits per heavy atom. The predicted molar refractivity (Wildman–Crippen MR) is 97.9 cm³/mol. The molecule has 1 unspecified atom stereocenters. The average Bonchev–Trinajstić information content (AvgIpc) is 2.55. The second-order valence-corrected chi connectivity index (χ2v) is 8.98. The van der Waals surface area contributed by atoms with E-state index >= 15 is 0 Å². The van der Waals surface area contributed by atoms with Crippen LogP contribution in [0.25, 0.3) is 0 Å². The fraction of sp³-hybridized carbons (Fsp3) is 0.588. The maximum absolute atomic E-state index is 12.5. The molecule has 140 valence electrons. The Labute approximate surface area is 154 Å². The van der Waals surface area contributed by atoms with Crippen LogP contribution < -0.4 is 5.32 Å². The minimum absolute atomic E-state index is 0.0320. The maximum Gasteiger partial charge on any atom is 0.251 e. The number of carbonyl (C=O) groups is 1. The number of ether oxygens (including phenoxy) is 1. The molecule has 1 atom stereocenters. The van der Waals surface area contributed by atoms with Gasteiger partial charge in [0.25, 0.3) is 5.91 Å². The van der Waals surface area contributed by atoms with E-state index in [0.717, 1.165) is 19.3 Å². The summed E-state index contributed by atoms with van der Waals surface area (Å²) in [6, 6.07) is 4.50. The van der Waals surface area contributed by atoms with Crippen molar-refractivity contribution in [1.29, 1.82) is 0 Å². The van der Waals surface area contributed by atoms with Crippen molar-refractivity contribution >= 4 is 27.3 Å². The zero-order chi connectivity index (χ0) is 18.6. The Kier molecular flexibility index (Phi) is 6.85. The summed E-state index contributed by atoms with van der Waals surface area (Å²) in [5.74, 6) is 0.0654. The summed E-state index contributed by atoms with van der Waals surface area (Å²) in [7, 11) is -3.49. The minimum atomic E-state index is -3.49. The Morgan fingerprint density at radius 2 is 1.96 bits per heavy atom. The topological polar surface area (TPSA) is 75.7 Å². The Bertz CT molecular complexity index is 715. The van der Waals surface area contributed by atoms with Crippen molar-refractivity contribution in [3.8, 4) is 0 Å². The van der Waals surface area contributed by atoms with Gasteiger partial charge in [-0.25, -0.2) is 8.42 Å². The standard InChI is InChI=1S/C17H25ClN2O4S/c1-12(2)15(20-6-8-24-9-7-20)11-19-17(21)13-4-5-14(18)16(10-13)25(3,22)23/h4-5,10,12,15H,6-9,11H2,1-3H3,(H,19,21). The molecule has 1 aromatic rings. The average molecular weight is 389 g/mol. The van der Waals surface area contributed by atoms with E-state index in [2.05, 4.69) is 24.1 Å². The fourth-order valence-electron chi connectivity index (χ4n) is 2.92. The lowest BCUT2D eigenvalue weighted by Gasteiger charge is -2.36. The zero-order valence-corrected chi connectivity index (χ0v) is 16.4. The summed E-state index contributed by atoms with van der Waals surface area (Å²) in [5.41, 5.74) is 0.286. The molecule has 0 bridgehead atoms. The number of carbonyl (C=O) groups excluding carboxylic acids is 1. The third-order valence-electron chi connectivity index (χ3n) is 4.35. The van der Waals surface area contributed by atoms with E-state index in [1.807, 2.05) is 0 Å². The highest BCUT2D eigenvalue weighted by Gasteiger charge is 2.24. The van der Waals surface area contributed by atoms with Crippen molar-refractivity contribution in [1.82, 2.24) is 10.2 Å². The molecular weight excluding hydrogens is 364 g/mol. The summed E-state index contributed by atoms with van der Waals surface area (Å²) in [5, 5.41) is 3.03. The number of morpholine rings is 1. The number of sulfone groups is 1. The smallest absolute Gasteiger partial charge is 0.251 e. The molecule has 1 saturated heterocycles. The van der Waals surface area contributed by atoms with Gasteiger partial charge in [-0.2, -0.15) is 0 Å². The van der Waals surface area contributed by atoms with Crippen LogP contribution in [0.5, 0.6) is 0 Å². The van der Waals surface area contributed by atoms with Gasteiger partial charge in [-0.3, -0.25) is 9.69 Å². The van der Waals surface area contributed by atoms with Crippen molar-refractivity contribution in [2.75, 3.05) is 39.1 Å². The van der Waals surface area contributed by atoms with E-state index in [0.29, 0.717) is 25.7 Å². The number of rotatable bonds is 6. The summed E-state index contributed by atoms with van der Waals surface area (Å²) in [4.78, 5) is 14.7. The molecule has 1 N–H and O–H groups in total. The molecule has 6 nitrogen and oxygen atoms in total. The first kappa shape index (κ1) is 20.2. The molecule has 0 aromatic heterocycles. The van der Waals surface area contributed by atoms with Crippen LogP contribution in [0.1, 0.15) is 24.2 Å². The van der Waals surface area contributed by atoms with Crippen LogP contribution in [0.3, 0.4) is 0 Å². The third kappa shape index (κ3) is 5.41. The van der Waals surface area contributed by atoms with E-state index in [9.17, 15) is 13.2 Å². The molecule has 1 aliphatic heterocycles. The van der Waals surface area contributed by atoms with Crippen LogP contribution in [0, 0.1) is 5.92 Å². The summed E-state index contributed by atoms with van der Waals surface area (Å²) < 4.78 is 28.9. The van der Waals surface area contributed by atoms with Gasteiger partial charge in [0.2, 0.25) is 0 Å². The van der Waals surface area contributed by atoms with E-state index in [1.165, 1.54) is 18.2 Å². The van der Waals surface area contributed by atoms with Gasteiger partial charge in [0.1, 0.15) is 0 Å². The second-order valence-electron chi connectivity index (χ2n) is 6.59. The highest BCUT2D eigenvalue weighted by molar-refractivity contribution is 7.90. The molecule has 1 heterocycles. The van der Waals surface area contributed by atoms with Crippen molar-refractivity contribution in [2.45, 2.75) is 24.8 Å². The molecule has 25 heavy (non-hydrogen) atoms. The molecule has 0 radical (unpaired) electrons. The normalized spacial score (nSPS) is 17.5. The molecule has 0 spiro atoms. The molecule has 1 fully saturated rings. The van der Waals surface area contributed by atoms with Crippen LogP contribution >= 0.6 is 11.6 Å².